The van der Waals surface area contributed by atoms with Crippen LogP contribution in [-0.4, -0.2) is 43.7 Å². The van der Waals surface area contributed by atoms with E-state index in [1.807, 2.05) is 0 Å². The van der Waals surface area contributed by atoms with Gasteiger partial charge in [-0.15, -0.1) is 5.10 Å². The molecular weight excluding hydrogens is 216 g/mol. The molecule has 0 aliphatic carbocycles. The highest BCUT2D eigenvalue weighted by Gasteiger charge is 2.23. The van der Waals surface area contributed by atoms with Gasteiger partial charge in [0.2, 0.25) is 5.91 Å². The number of aliphatic hydroxyl groups is 1. The van der Waals surface area contributed by atoms with E-state index in [1.165, 1.54) is 17.8 Å². The molecule has 88 valence electrons. The SMILES string of the molecule is CC(=O)NC(C(=O)O)c1cn(CCO)nn1. The number of carboxylic acid groups (broad SMARTS) is 1. The minimum atomic E-state index is -1.22. The van der Waals surface area contributed by atoms with Gasteiger partial charge < -0.3 is 15.5 Å². The maximum absolute atomic E-state index is 10.9. The van der Waals surface area contributed by atoms with Crippen molar-refractivity contribution < 1.29 is 19.8 Å². The van der Waals surface area contributed by atoms with Crippen LogP contribution in [0.5, 0.6) is 0 Å². The Morgan fingerprint density at radius 3 is 2.81 bits per heavy atom. The average molecular weight is 228 g/mol. The zero-order valence-electron chi connectivity index (χ0n) is 8.62. The third-order valence-electron chi connectivity index (χ3n) is 1.78. The lowest BCUT2D eigenvalue weighted by molar-refractivity contribution is -0.141. The summed E-state index contributed by atoms with van der Waals surface area (Å²) in [5, 5.41) is 27.0. The van der Waals surface area contributed by atoms with Gasteiger partial charge in [-0.2, -0.15) is 0 Å². The summed E-state index contributed by atoms with van der Waals surface area (Å²) in [6.07, 6.45) is 1.37. The molecule has 1 rings (SSSR count). The van der Waals surface area contributed by atoms with Gasteiger partial charge in [0.1, 0.15) is 5.69 Å². The van der Waals surface area contributed by atoms with Crippen molar-refractivity contribution in [3.63, 3.8) is 0 Å². The standard InChI is InChI=1S/C8H12N4O4/c1-5(14)9-7(8(15)16)6-4-12(2-3-13)11-10-6/h4,7,13H,2-3H2,1H3,(H,9,14)(H,15,16). The molecule has 0 fully saturated rings. The lowest BCUT2D eigenvalue weighted by Gasteiger charge is -2.09. The van der Waals surface area contributed by atoms with Crippen molar-refractivity contribution in [1.82, 2.24) is 20.3 Å². The molecule has 0 aliphatic heterocycles. The van der Waals surface area contributed by atoms with E-state index in [-0.39, 0.29) is 18.8 Å². The molecule has 8 heteroatoms. The summed E-state index contributed by atoms with van der Waals surface area (Å²) < 4.78 is 1.30. The third-order valence-corrected chi connectivity index (χ3v) is 1.78. The number of nitrogens with zero attached hydrogens (tertiary/aromatic N) is 3. The molecule has 0 aliphatic rings. The topological polar surface area (TPSA) is 117 Å². The number of aromatic nitrogens is 3. The average Bonchev–Trinajstić information content (AvgIpc) is 2.62. The molecule has 1 aromatic heterocycles. The Morgan fingerprint density at radius 1 is 1.62 bits per heavy atom. The van der Waals surface area contributed by atoms with Crippen molar-refractivity contribution in [3.8, 4) is 0 Å². The summed E-state index contributed by atoms with van der Waals surface area (Å²) in [7, 11) is 0. The van der Waals surface area contributed by atoms with Crippen molar-refractivity contribution in [2.45, 2.75) is 19.5 Å². The van der Waals surface area contributed by atoms with Crippen LogP contribution in [0.2, 0.25) is 0 Å². The zero-order valence-corrected chi connectivity index (χ0v) is 8.62. The number of carbonyl (C=O) groups excluding carboxylic acids is 1. The van der Waals surface area contributed by atoms with E-state index in [2.05, 4.69) is 15.6 Å². The molecule has 0 spiro atoms. The van der Waals surface area contributed by atoms with Gasteiger partial charge in [-0.3, -0.25) is 4.79 Å². The van der Waals surface area contributed by atoms with Gasteiger partial charge in [0, 0.05) is 6.92 Å². The molecule has 1 atom stereocenters. The van der Waals surface area contributed by atoms with Crippen LogP contribution in [-0.2, 0) is 16.1 Å². The zero-order chi connectivity index (χ0) is 12.1. The minimum absolute atomic E-state index is 0.121. The fraction of sp³-hybridized carbons (Fsp3) is 0.500. The second-order valence-electron chi connectivity index (χ2n) is 3.10. The van der Waals surface area contributed by atoms with Gasteiger partial charge >= 0.3 is 5.97 Å². The van der Waals surface area contributed by atoms with Gasteiger partial charge in [-0.1, -0.05) is 5.21 Å². The van der Waals surface area contributed by atoms with E-state index >= 15 is 0 Å². The number of carboxylic acids is 1. The second-order valence-corrected chi connectivity index (χ2v) is 3.10. The fourth-order valence-electron chi connectivity index (χ4n) is 1.12. The number of hydrogen-bond donors (Lipinski definition) is 3. The van der Waals surface area contributed by atoms with Crippen LogP contribution >= 0.6 is 0 Å². The van der Waals surface area contributed by atoms with Crippen molar-refractivity contribution in [1.29, 1.82) is 0 Å². The number of nitrogens with one attached hydrogen (secondary N) is 1. The fourth-order valence-corrected chi connectivity index (χ4v) is 1.12. The smallest absolute Gasteiger partial charge is 0.332 e. The Kier molecular flexibility index (Phi) is 3.95. The molecule has 0 saturated carbocycles. The summed E-state index contributed by atoms with van der Waals surface area (Å²) in [5.41, 5.74) is 0.121. The predicted molar refractivity (Wildman–Crippen MR) is 51.3 cm³/mol. The summed E-state index contributed by atoms with van der Waals surface area (Å²) in [6, 6.07) is -1.22. The first-order chi connectivity index (χ1) is 7.54. The number of hydrogen-bond acceptors (Lipinski definition) is 5. The Bertz CT molecular complexity index is 389. The maximum atomic E-state index is 10.9. The summed E-state index contributed by atoms with van der Waals surface area (Å²) >= 11 is 0. The van der Waals surface area contributed by atoms with Crippen molar-refractivity contribution in [2.75, 3.05) is 6.61 Å². The van der Waals surface area contributed by atoms with Crippen LogP contribution in [0.3, 0.4) is 0 Å². The molecule has 0 radical (unpaired) electrons. The molecule has 1 heterocycles. The molecule has 1 unspecified atom stereocenters. The quantitative estimate of drug-likeness (QED) is 0.566. The number of aliphatic carboxylic acids is 1. The first kappa shape index (κ1) is 12.1. The lowest BCUT2D eigenvalue weighted by Crippen LogP contribution is -2.32. The highest BCUT2D eigenvalue weighted by atomic mass is 16.4. The van der Waals surface area contributed by atoms with Crippen LogP contribution in [0.1, 0.15) is 18.7 Å². The van der Waals surface area contributed by atoms with Crippen molar-refractivity contribution in [3.05, 3.63) is 11.9 Å². The summed E-state index contributed by atoms with van der Waals surface area (Å²) in [6.45, 7) is 1.31. The van der Waals surface area contributed by atoms with Gasteiger partial charge in [0.05, 0.1) is 19.3 Å². The van der Waals surface area contributed by atoms with Crippen molar-refractivity contribution in [2.24, 2.45) is 0 Å². The predicted octanol–water partition coefficient (Wildman–Crippen LogP) is -1.47. The number of amides is 1. The molecule has 3 N–H and O–H groups in total. The van der Waals surface area contributed by atoms with Gasteiger partial charge in [0.25, 0.3) is 0 Å². The van der Waals surface area contributed by atoms with E-state index in [1.54, 1.807) is 0 Å². The highest BCUT2D eigenvalue weighted by Crippen LogP contribution is 2.09. The first-order valence-electron chi connectivity index (χ1n) is 4.55. The van der Waals surface area contributed by atoms with Crippen LogP contribution in [0.4, 0.5) is 0 Å². The van der Waals surface area contributed by atoms with Crippen LogP contribution in [0, 0.1) is 0 Å². The van der Waals surface area contributed by atoms with E-state index in [0.29, 0.717) is 0 Å². The van der Waals surface area contributed by atoms with Gasteiger partial charge in [0.15, 0.2) is 6.04 Å². The van der Waals surface area contributed by atoms with Gasteiger partial charge in [-0.05, 0) is 0 Å². The van der Waals surface area contributed by atoms with Gasteiger partial charge in [-0.25, -0.2) is 9.48 Å². The summed E-state index contributed by atoms with van der Waals surface area (Å²) in [4.78, 5) is 21.7. The summed E-state index contributed by atoms with van der Waals surface area (Å²) in [5.74, 6) is -1.68. The minimum Gasteiger partial charge on any atom is -0.479 e. The molecule has 16 heavy (non-hydrogen) atoms. The number of carbonyl (C=O) groups is 2. The highest BCUT2D eigenvalue weighted by molar-refractivity contribution is 5.82. The van der Waals surface area contributed by atoms with E-state index in [0.717, 1.165) is 0 Å². The molecule has 0 saturated heterocycles. The molecular formula is C8H12N4O4. The molecule has 1 aromatic rings. The second kappa shape index (κ2) is 5.21. The Morgan fingerprint density at radius 2 is 2.31 bits per heavy atom. The van der Waals surface area contributed by atoms with E-state index in [4.69, 9.17) is 10.2 Å². The van der Waals surface area contributed by atoms with Crippen LogP contribution in [0.15, 0.2) is 6.20 Å². The van der Waals surface area contributed by atoms with Crippen molar-refractivity contribution >= 4 is 11.9 Å². The first-order valence-corrected chi connectivity index (χ1v) is 4.55. The monoisotopic (exact) mass is 228 g/mol. The normalized spacial score (nSPS) is 12.1. The van der Waals surface area contributed by atoms with E-state index < -0.39 is 17.9 Å². The molecule has 1 amide bonds. The lowest BCUT2D eigenvalue weighted by atomic mass is 10.2. The number of aliphatic hydroxyl groups excluding tert-OH is 1. The largest absolute Gasteiger partial charge is 0.479 e. The molecule has 8 nitrogen and oxygen atoms in total. The van der Waals surface area contributed by atoms with Crippen LogP contribution in [0.25, 0.3) is 0 Å². The molecule has 0 bridgehead atoms. The maximum Gasteiger partial charge on any atom is 0.332 e. The van der Waals surface area contributed by atoms with E-state index in [9.17, 15) is 9.59 Å². The van der Waals surface area contributed by atoms with Crippen LogP contribution < -0.4 is 5.32 Å². The number of rotatable bonds is 5. The third kappa shape index (κ3) is 3.02. The molecule has 0 aromatic carbocycles. The Balaban J connectivity index is 2.84. The Labute approximate surface area is 90.9 Å². The Hall–Kier alpha value is -1.96.